The van der Waals surface area contributed by atoms with Crippen molar-refractivity contribution in [3.8, 4) is 11.6 Å². The van der Waals surface area contributed by atoms with Crippen LogP contribution in [0.25, 0.3) is 21.5 Å². The molecular formula is C36H44IrNO3-. The molecule has 0 bridgehead atoms. The molecule has 0 fully saturated rings. The molecule has 1 heterocycles. The molecule has 3 aromatic carbocycles. The number of allylic oxidation sites excluding steroid dienone is 2. The van der Waals surface area contributed by atoms with Crippen molar-refractivity contribution in [1.29, 1.82) is 0 Å². The van der Waals surface area contributed by atoms with Gasteiger partial charge in [-0.15, -0.1) is 12.1 Å². The smallest absolute Gasteiger partial charge is 0.225 e. The minimum Gasteiger partial charge on any atom is -0.512 e. The maximum Gasteiger partial charge on any atom is 0.225 e. The molecule has 5 heteroatoms. The van der Waals surface area contributed by atoms with Gasteiger partial charge in [-0.25, -0.2) is 4.98 Å². The molecule has 0 aliphatic heterocycles. The van der Waals surface area contributed by atoms with Crippen LogP contribution in [0.2, 0.25) is 0 Å². The number of ether oxygens (including phenoxy) is 1. The quantitative estimate of drug-likeness (QED) is 0.0849. The molecule has 4 nitrogen and oxygen atoms in total. The fourth-order valence-electron chi connectivity index (χ4n) is 4.07. The van der Waals surface area contributed by atoms with Gasteiger partial charge < -0.3 is 9.84 Å². The number of carbonyl (C=O) groups is 1. The van der Waals surface area contributed by atoms with Crippen molar-refractivity contribution < 1.29 is 34.7 Å². The molecule has 0 atom stereocenters. The van der Waals surface area contributed by atoms with E-state index in [-0.39, 0.29) is 42.5 Å². The Morgan fingerprint density at radius 3 is 2.24 bits per heavy atom. The van der Waals surface area contributed by atoms with Crippen LogP contribution in [0.15, 0.2) is 72.6 Å². The molecule has 1 aromatic heterocycles. The number of pyridine rings is 1. The summed E-state index contributed by atoms with van der Waals surface area (Å²) in [5.74, 6) is 1.99. The van der Waals surface area contributed by atoms with Gasteiger partial charge in [-0.2, -0.15) is 17.2 Å². The van der Waals surface area contributed by atoms with E-state index < -0.39 is 0 Å². The Morgan fingerprint density at radius 2 is 1.61 bits per heavy atom. The number of carbonyl (C=O) groups excluding carboxylic acids is 1. The number of fused-ring (bicyclic) bond motifs is 3. The molecule has 0 aliphatic carbocycles. The Labute approximate surface area is 259 Å². The molecule has 0 amide bonds. The van der Waals surface area contributed by atoms with E-state index in [4.69, 9.17) is 4.74 Å². The topological polar surface area (TPSA) is 59.4 Å². The fraction of sp³-hybridized carbons (Fsp3) is 0.389. The Morgan fingerprint density at radius 1 is 0.976 bits per heavy atom. The maximum atomic E-state index is 11.8. The van der Waals surface area contributed by atoms with Crippen molar-refractivity contribution in [2.75, 3.05) is 0 Å². The van der Waals surface area contributed by atoms with E-state index >= 15 is 0 Å². The van der Waals surface area contributed by atoms with Crippen LogP contribution in [-0.2, 0) is 24.9 Å². The average Bonchev–Trinajstić information content (AvgIpc) is 2.92. The molecular weight excluding hydrogens is 687 g/mol. The number of rotatable bonds is 8. The molecule has 1 N–H and O–H groups in total. The van der Waals surface area contributed by atoms with Gasteiger partial charge >= 0.3 is 0 Å². The van der Waals surface area contributed by atoms with Crippen LogP contribution in [-0.4, -0.2) is 15.9 Å². The second kappa shape index (κ2) is 14.2. The number of nitrogens with zero attached hydrogens (tertiary/aromatic N) is 1. The summed E-state index contributed by atoms with van der Waals surface area (Å²) >= 11 is 0. The summed E-state index contributed by atoms with van der Waals surface area (Å²) in [6, 6.07) is 22.1. The number of aromatic nitrogens is 1. The number of benzene rings is 3. The minimum atomic E-state index is -0.377. The SMILES string of the molecule is CCC(C)(C)C(=O)/C=C(\O)C(C)(C)CC.Cc1[c-]c(Oc2nccc3ccc4ccccc4c23)cc(C(C)C)c1.[Ir]. The van der Waals surface area contributed by atoms with Crippen LogP contribution in [0.3, 0.4) is 0 Å². The molecule has 1 radical (unpaired) electrons. The molecule has 0 unspecified atom stereocenters. The van der Waals surface area contributed by atoms with E-state index in [1.807, 2.05) is 66.7 Å². The summed E-state index contributed by atoms with van der Waals surface area (Å²) in [5, 5.41) is 14.4. The van der Waals surface area contributed by atoms with Crippen molar-refractivity contribution >= 4 is 27.3 Å². The van der Waals surface area contributed by atoms with Gasteiger partial charge in [-0.1, -0.05) is 98.7 Å². The van der Waals surface area contributed by atoms with Crippen LogP contribution in [0, 0.1) is 23.8 Å². The third kappa shape index (κ3) is 8.50. The molecule has 4 rings (SSSR count). The summed E-state index contributed by atoms with van der Waals surface area (Å²) in [6.45, 7) is 18.1. The van der Waals surface area contributed by atoms with Crippen LogP contribution in [0.5, 0.6) is 11.6 Å². The summed E-state index contributed by atoms with van der Waals surface area (Å²) in [7, 11) is 0. The largest absolute Gasteiger partial charge is 0.512 e. The molecule has 221 valence electrons. The Balaban J connectivity index is 0.000000320. The number of hydrogen-bond acceptors (Lipinski definition) is 4. The second-order valence-corrected chi connectivity index (χ2v) is 12.1. The average molecular weight is 731 g/mol. The van der Waals surface area contributed by atoms with Crippen LogP contribution < -0.4 is 4.74 Å². The zero-order chi connectivity index (χ0) is 29.7. The van der Waals surface area contributed by atoms with Gasteiger partial charge in [0.2, 0.25) is 5.88 Å². The zero-order valence-corrected chi connectivity index (χ0v) is 28.3. The van der Waals surface area contributed by atoms with E-state index in [1.54, 1.807) is 6.20 Å². The van der Waals surface area contributed by atoms with Crippen molar-refractivity contribution in [2.24, 2.45) is 10.8 Å². The van der Waals surface area contributed by atoms with Crippen molar-refractivity contribution in [3.05, 3.63) is 89.8 Å². The van der Waals surface area contributed by atoms with Gasteiger partial charge in [0.25, 0.3) is 0 Å². The van der Waals surface area contributed by atoms with Crippen LogP contribution >= 0.6 is 0 Å². The van der Waals surface area contributed by atoms with E-state index in [0.29, 0.717) is 11.8 Å². The number of ketones is 1. The number of aryl methyl sites for hydroxylation is 1. The molecule has 0 saturated carbocycles. The van der Waals surface area contributed by atoms with Crippen LogP contribution in [0.4, 0.5) is 0 Å². The number of aliphatic hydroxyl groups is 1. The van der Waals surface area contributed by atoms with Gasteiger partial charge in [0, 0.05) is 49.0 Å². The van der Waals surface area contributed by atoms with E-state index in [2.05, 4.69) is 61.3 Å². The molecule has 4 aromatic rings. The van der Waals surface area contributed by atoms with E-state index in [1.165, 1.54) is 17.0 Å². The second-order valence-electron chi connectivity index (χ2n) is 12.1. The number of aliphatic hydroxyl groups excluding tert-OH is 1. The Bertz CT molecular complexity index is 1520. The van der Waals surface area contributed by atoms with Crippen molar-refractivity contribution in [2.45, 2.75) is 81.1 Å². The first-order valence-electron chi connectivity index (χ1n) is 14.2. The first-order valence-corrected chi connectivity index (χ1v) is 14.2. The summed E-state index contributed by atoms with van der Waals surface area (Å²) in [6.07, 6.45) is 4.79. The third-order valence-electron chi connectivity index (χ3n) is 7.89. The monoisotopic (exact) mass is 731 g/mol. The Kier molecular flexibility index (Phi) is 11.9. The van der Waals surface area contributed by atoms with E-state index in [9.17, 15) is 9.90 Å². The zero-order valence-electron chi connectivity index (χ0n) is 25.9. The van der Waals surface area contributed by atoms with Gasteiger partial charge in [0.15, 0.2) is 5.78 Å². The third-order valence-corrected chi connectivity index (χ3v) is 7.89. The summed E-state index contributed by atoms with van der Waals surface area (Å²) in [4.78, 5) is 16.3. The normalized spacial score (nSPS) is 12.1. The minimum absolute atomic E-state index is 0. The summed E-state index contributed by atoms with van der Waals surface area (Å²) < 4.78 is 6.20. The molecule has 0 saturated heterocycles. The standard InChI is InChI=1S/C23H20NO.C13H24O2.Ir/c1-15(2)19-12-16(3)13-20(14-19)25-23-22-18(10-11-24-23)9-8-17-6-4-5-7-21(17)22;1-7-12(3,4)10(14)9-11(15)13(5,6)8-2;/h4-12,14-15H,1-3H3;9,14H,7-8H2,1-6H3;/q-1;;/b;10-9-;. The maximum absolute atomic E-state index is 11.8. The summed E-state index contributed by atoms with van der Waals surface area (Å²) in [5.41, 5.74) is 1.64. The van der Waals surface area contributed by atoms with Gasteiger partial charge in [0.1, 0.15) is 5.76 Å². The van der Waals surface area contributed by atoms with Crippen molar-refractivity contribution in [3.63, 3.8) is 0 Å². The predicted molar refractivity (Wildman–Crippen MR) is 167 cm³/mol. The molecule has 41 heavy (non-hydrogen) atoms. The number of hydrogen-bond donors (Lipinski definition) is 1. The van der Waals surface area contributed by atoms with Gasteiger partial charge in [-0.3, -0.25) is 4.79 Å². The van der Waals surface area contributed by atoms with Crippen molar-refractivity contribution in [1.82, 2.24) is 4.98 Å². The molecule has 0 aliphatic rings. The predicted octanol–water partition coefficient (Wildman–Crippen LogP) is 10.3. The Hall–Kier alpha value is -3.01. The fourth-order valence-corrected chi connectivity index (χ4v) is 4.07. The first kappa shape index (κ1) is 34.2. The molecule has 0 spiro atoms. The van der Waals surface area contributed by atoms with Gasteiger partial charge in [0.05, 0.1) is 5.39 Å². The van der Waals surface area contributed by atoms with E-state index in [0.717, 1.165) is 40.3 Å². The van der Waals surface area contributed by atoms with Gasteiger partial charge in [-0.05, 0) is 41.0 Å². The first-order chi connectivity index (χ1) is 18.8. The van der Waals surface area contributed by atoms with Crippen LogP contribution in [0.1, 0.15) is 85.3 Å².